The summed E-state index contributed by atoms with van der Waals surface area (Å²) in [7, 11) is -2.21. The number of rotatable bonds is 2. The van der Waals surface area contributed by atoms with E-state index >= 15 is 0 Å². The van der Waals surface area contributed by atoms with Crippen molar-refractivity contribution in [3.63, 3.8) is 0 Å². The zero-order valence-electron chi connectivity index (χ0n) is 10.4. The molecule has 5 heteroatoms. The normalized spacial score (nSPS) is 11.5. The van der Waals surface area contributed by atoms with Gasteiger partial charge in [0.15, 0.2) is 0 Å². The van der Waals surface area contributed by atoms with Gasteiger partial charge in [-0.1, -0.05) is 55.8 Å². The van der Waals surface area contributed by atoms with E-state index in [-0.39, 0.29) is 82.4 Å². The molecule has 0 spiro atoms. The first-order valence-corrected chi connectivity index (χ1v) is 10.3. The van der Waals surface area contributed by atoms with E-state index in [1.165, 1.54) is 0 Å². The molecular weight excluding hydrogens is 204 g/mol. The maximum absolute atomic E-state index is 4.82. The van der Waals surface area contributed by atoms with Crippen molar-refractivity contribution in [3.05, 3.63) is 4.65 Å². The van der Waals surface area contributed by atoms with Crippen LogP contribution >= 0.6 is 0 Å². The van der Waals surface area contributed by atoms with Gasteiger partial charge in [0.2, 0.25) is 0 Å². The molecule has 0 N–H and O–H groups in total. The number of hydrogen-bond acceptors (Lipinski definition) is 0. The summed E-state index contributed by atoms with van der Waals surface area (Å²) < 4.78 is 4.82. The molecule has 0 aromatic heterocycles. The molecule has 0 unspecified atom stereocenters. The Hall–Kier alpha value is 3.03. The Labute approximate surface area is 140 Å². The van der Waals surface area contributed by atoms with Gasteiger partial charge in [0.05, 0.1) is 0 Å². The first kappa shape index (κ1) is 19.6. The molecule has 0 atom stereocenters. The standard InChI is InChI=1S/C6H18NSi2.K.Na.H/c1-8(2,3)7-9(4,5)6;;;/h1-6H3;;;/q-1;2*+1;-1. The first-order valence-electron chi connectivity index (χ1n) is 3.45. The number of hydrogen-bond donors (Lipinski definition) is 0. The molecule has 0 saturated carbocycles. The molecule has 0 aromatic carbocycles. The summed E-state index contributed by atoms with van der Waals surface area (Å²) in [5, 5.41) is 0. The van der Waals surface area contributed by atoms with Crippen LogP contribution in [-0.4, -0.2) is 16.5 Å². The molecule has 58 valence electrons. The third kappa shape index (κ3) is 19.4. The molecule has 0 saturated heterocycles. The minimum Gasteiger partial charge on any atom is -1.00 e. The third-order valence-electron chi connectivity index (χ3n) is 0.671. The van der Waals surface area contributed by atoms with Gasteiger partial charge in [-0.25, -0.2) is 0 Å². The molecule has 0 amide bonds. The average molecular weight is 223 g/mol. The van der Waals surface area contributed by atoms with E-state index in [4.69, 9.17) is 4.65 Å². The molecule has 0 heterocycles. The van der Waals surface area contributed by atoms with E-state index < -0.39 is 16.5 Å². The van der Waals surface area contributed by atoms with Crippen molar-refractivity contribution in [3.8, 4) is 0 Å². The topological polar surface area (TPSA) is 14.1 Å². The molecule has 1 nitrogen and oxygen atoms in total. The van der Waals surface area contributed by atoms with E-state index in [0.29, 0.717) is 0 Å². The summed E-state index contributed by atoms with van der Waals surface area (Å²) >= 11 is 0. The first-order chi connectivity index (χ1) is 3.71. The monoisotopic (exact) mass is 223 g/mol. The fourth-order valence-electron chi connectivity index (χ4n) is 1.01. The largest absolute Gasteiger partial charge is 1.00 e. The van der Waals surface area contributed by atoms with Crippen molar-refractivity contribution in [2.45, 2.75) is 39.3 Å². The van der Waals surface area contributed by atoms with Crippen LogP contribution in [0.4, 0.5) is 0 Å². The molecular formula is C6H19KNNaSi2. The van der Waals surface area contributed by atoms with E-state index in [2.05, 4.69) is 39.3 Å². The quantitative estimate of drug-likeness (QED) is 0.448. The van der Waals surface area contributed by atoms with Crippen LogP contribution in [0.25, 0.3) is 4.65 Å². The van der Waals surface area contributed by atoms with Crippen molar-refractivity contribution < 1.29 is 82.4 Å². The van der Waals surface area contributed by atoms with E-state index in [0.717, 1.165) is 0 Å². The Balaban J connectivity index is -0.000000107. The fraction of sp³-hybridized carbons (Fsp3) is 1.00. The maximum atomic E-state index is 4.82. The Morgan fingerprint density at radius 1 is 0.818 bits per heavy atom. The van der Waals surface area contributed by atoms with Gasteiger partial charge in [-0.05, 0) is 0 Å². The van der Waals surface area contributed by atoms with Crippen molar-refractivity contribution >= 4 is 16.5 Å². The van der Waals surface area contributed by atoms with Gasteiger partial charge in [0.25, 0.3) is 0 Å². The molecule has 0 radical (unpaired) electrons. The predicted molar refractivity (Wildman–Crippen MR) is 51.2 cm³/mol. The summed E-state index contributed by atoms with van der Waals surface area (Å²) in [5.74, 6) is 0. The van der Waals surface area contributed by atoms with Crippen molar-refractivity contribution in [2.75, 3.05) is 0 Å². The maximum Gasteiger partial charge on any atom is 1.00 e. The van der Waals surface area contributed by atoms with Crippen LogP contribution < -0.4 is 80.9 Å². The van der Waals surface area contributed by atoms with Gasteiger partial charge in [0, 0.05) is 0 Å². The molecule has 0 aromatic rings. The summed E-state index contributed by atoms with van der Waals surface area (Å²) in [5.41, 5.74) is 0. The Morgan fingerprint density at radius 2 is 1.00 bits per heavy atom. The molecule has 0 bridgehead atoms. The van der Waals surface area contributed by atoms with Gasteiger partial charge >= 0.3 is 80.9 Å². The summed E-state index contributed by atoms with van der Waals surface area (Å²) in [6, 6.07) is 0. The Bertz CT molecular complexity index is 90.7. The van der Waals surface area contributed by atoms with Crippen molar-refractivity contribution in [2.24, 2.45) is 0 Å². The molecule has 11 heavy (non-hydrogen) atoms. The van der Waals surface area contributed by atoms with Gasteiger partial charge < -0.3 is 6.07 Å². The fourth-order valence-corrected chi connectivity index (χ4v) is 9.06. The second kappa shape index (κ2) is 7.34. The molecule has 0 fully saturated rings. The molecule has 0 aliphatic heterocycles. The minimum absolute atomic E-state index is 0. The Morgan fingerprint density at radius 3 is 1.00 bits per heavy atom. The van der Waals surface area contributed by atoms with Crippen LogP contribution in [0.3, 0.4) is 0 Å². The molecule has 0 rings (SSSR count). The zero-order chi connectivity index (χ0) is 7.71. The zero-order valence-corrected chi connectivity index (χ0v) is 16.6. The van der Waals surface area contributed by atoms with Crippen LogP contribution in [-0.2, 0) is 0 Å². The van der Waals surface area contributed by atoms with Crippen LogP contribution in [0.15, 0.2) is 0 Å². The van der Waals surface area contributed by atoms with Gasteiger partial charge in [-0.3, -0.25) is 0 Å². The smallest absolute Gasteiger partial charge is 1.00 e. The minimum atomic E-state index is -1.11. The van der Waals surface area contributed by atoms with Crippen LogP contribution in [0, 0.1) is 0 Å². The van der Waals surface area contributed by atoms with E-state index in [9.17, 15) is 0 Å². The molecule has 0 aliphatic rings. The van der Waals surface area contributed by atoms with Crippen LogP contribution in [0.1, 0.15) is 1.43 Å². The van der Waals surface area contributed by atoms with Crippen LogP contribution in [0.2, 0.25) is 39.3 Å². The SMILES string of the molecule is C[Si](C)(C)[N-][Si](C)(C)C.[H-].[K+].[Na+]. The van der Waals surface area contributed by atoms with Crippen molar-refractivity contribution in [1.82, 2.24) is 0 Å². The average Bonchev–Trinajstić information content (AvgIpc) is 1.14. The van der Waals surface area contributed by atoms with Gasteiger partial charge in [-0.2, -0.15) is 0 Å². The van der Waals surface area contributed by atoms with Crippen LogP contribution in [0.5, 0.6) is 0 Å². The third-order valence-corrected chi connectivity index (χ3v) is 6.04. The van der Waals surface area contributed by atoms with Gasteiger partial charge in [0.1, 0.15) is 0 Å². The molecule has 0 aliphatic carbocycles. The summed E-state index contributed by atoms with van der Waals surface area (Å²) in [6.07, 6.45) is 0. The predicted octanol–water partition coefficient (Wildman–Crippen LogP) is -2.85. The number of nitrogens with zero attached hydrogens (tertiary/aromatic N) is 1. The summed E-state index contributed by atoms with van der Waals surface area (Å²) in [4.78, 5) is 0. The second-order valence-electron chi connectivity index (χ2n) is 4.45. The van der Waals surface area contributed by atoms with E-state index in [1.54, 1.807) is 0 Å². The van der Waals surface area contributed by atoms with Gasteiger partial charge in [-0.15, -0.1) is 0 Å². The van der Waals surface area contributed by atoms with Crippen molar-refractivity contribution in [1.29, 1.82) is 0 Å². The van der Waals surface area contributed by atoms with E-state index in [1.807, 2.05) is 0 Å². The Kier molecular flexibility index (Phi) is 13.1. The summed E-state index contributed by atoms with van der Waals surface area (Å²) in [6.45, 7) is 13.8. The second-order valence-corrected chi connectivity index (χ2v) is 14.0.